The number of nitrogens with zero attached hydrogens (tertiary/aromatic N) is 3. The first kappa shape index (κ1) is 21.5. The number of ether oxygens (including phenoxy) is 1. The summed E-state index contributed by atoms with van der Waals surface area (Å²) in [5, 5.41) is 0.674. The fraction of sp³-hybridized carbons (Fsp3) is 0.333. The summed E-state index contributed by atoms with van der Waals surface area (Å²) in [5.41, 5.74) is 0.770. The number of carbonyl (C=O) groups is 1. The van der Waals surface area contributed by atoms with Crippen LogP contribution in [-0.2, 0) is 4.79 Å². The number of para-hydroxylation sites is 1. The SMILES string of the molecule is COc1cccc2sc(N(CCCN(C)C)C(=O)CSc3ccc(F)cc3)nc12. The highest BCUT2D eigenvalue weighted by atomic mass is 32.2. The number of thiazole rings is 1. The van der Waals surface area contributed by atoms with E-state index in [9.17, 15) is 9.18 Å². The van der Waals surface area contributed by atoms with Gasteiger partial charge in [-0.05, 0) is 63.5 Å². The van der Waals surface area contributed by atoms with E-state index in [-0.39, 0.29) is 17.5 Å². The number of thioether (sulfide) groups is 1. The van der Waals surface area contributed by atoms with Gasteiger partial charge in [0.25, 0.3) is 0 Å². The molecule has 1 amide bonds. The molecule has 29 heavy (non-hydrogen) atoms. The molecule has 0 radical (unpaired) electrons. The number of halogens is 1. The summed E-state index contributed by atoms with van der Waals surface area (Å²) in [4.78, 5) is 22.4. The van der Waals surface area contributed by atoms with Gasteiger partial charge in [-0.25, -0.2) is 9.37 Å². The molecule has 0 unspecified atom stereocenters. The first-order chi connectivity index (χ1) is 14.0. The Morgan fingerprint density at radius 1 is 1.17 bits per heavy atom. The molecule has 1 aromatic heterocycles. The fourth-order valence-corrected chi connectivity index (χ4v) is 4.62. The molecule has 0 spiro atoms. The number of aromatic nitrogens is 1. The number of methoxy groups -OCH3 is 1. The van der Waals surface area contributed by atoms with Crippen LogP contribution in [0.1, 0.15) is 6.42 Å². The van der Waals surface area contributed by atoms with E-state index >= 15 is 0 Å². The van der Waals surface area contributed by atoms with Gasteiger partial charge >= 0.3 is 0 Å². The van der Waals surface area contributed by atoms with Crippen LogP contribution in [0.2, 0.25) is 0 Å². The van der Waals surface area contributed by atoms with Crippen LogP contribution in [0.25, 0.3) is 10.2 Å². The average molecular weight is 434 g/mol. The minimum Gasteiger partial charge on any atom is -0.494 e. The van der Waals surface area contributed by atoms with Crippen molar-refractivity contribution in [3.8, 4) is 5.75 Å². The zero-order valence-electron chi connectivity index (χ0n) is 16.7. The van der Waals surface area contributed by atoms with Crippen molar-refractivity contribution in [1.82, 2.24) is 9.88 Å². The molecule has 0 fully saturated rings. The zero-order valence-corrected chi connectivity index (χ0v) is 18.4. The molecule has 0 atom stereocenters. The Labute approximate surface area is 178 Å². The Bertz CT molecular complexity index is 960. The fourth-order valence-electron chi connectivity index (χ4n) is 2.82. The first-order valence-corrected chi connectivity index (χ1v) is 11.0. The third-order valence-electron chi connectivity index (χ3n) is 4.29. The molecule has 154 valence electrons. The Hall–Kier alpha value is -2.16. The Morgan fingerprint density at radius 3 is 2.62 bits per heavy atom. The summed E-state index contributed by atoms with van der Waals surface area (Å²) >= 11 is 2.89. The van der Waals surface area contributed by atoms with Crippen LogP contribution in [0, 0.1) is 5.82 Å². The van der Waals surface area contributed by atoms with Crippen molar-refractivity contribution < 1.29 is 13.9 Å². The summed E-state index contributed by atoms with van der Waals surface area (Å²) in [5.74, 6) is 0.664. The van der Waals surface area contributed by atoms with E-state index in [4.69, 9.17) is 9.72 Å². The number of amides is 1. The van der Waals surface area contributed by atoms with Crippen LogP contribution >= 0.6 is 23.1 Å². The van der Waals surface area contributed by atoms with E-state index in [2.05, 4.69) is 4.90 Å². The van der Waals surface area contributed by atoms with Crippen molar-refractivity contribution in [2.24, 2.45) is 0 Å². The molecule has 1 heterocycles. The van der Waals surface area contributed by atoms with Crippen molar-refractivity contribution in [2.75, 3.05) is 44.9 Å². The Morgan fingerprint density at radius 2 is 1.93 bits per heavy atom. The molecular formula is C21H24FN3O2S2. The summed E-state index contributed by atoms with van der Waals surface area (Å²) < 4.78 is 19.5. The Kier molecular flexibility index (Phi) is 7.46. The lowest BCUT2D eigenvalue weighted by Gasteiger charge is -2.21. The van der Waals surface area contributed by atoms with Crippen molar-refractivity contribution in [3.05, 3.63) is 48.3 Å². The van der Waals surface area contributed by atoms with E-state index < -0.39 is 0 Å². The van der Waals surface area contributed by atoms with Crippen molar-refractivity contribution in [1.29, 1.82) is 0 Å². The maximum absolute atomic E-state index is 13.1. The Balaban J connectivity index is 1.79. The number of anilines is 1. The van der Waals surface area contributed by atoms with Gasteiger partial charge in [0, 0.05) is 11.4 Å². The smallest absolute Gasteiger partial charge is 0.239 e. The van der Waals surface area contributed by atoms with Crippen LogP contribution in [0.4, 0.5) is 9.52 Å². The second-order valence-corrected chi connectivity index (χ2v) is 8.81. The van der Waals surface area contributed by atoms with Crippen LogP contribution < -0.4 is 9.64 Å². The van der Waals surface area contributed by atoms with Gasteiger partial charge in [0.1, 0.15) is 17.1 Å². The van der Waals surface area contributed by atoms with Gasteiger partial charge in [-0.2, -0.15) is 0 Å². The van der Waals surface area contributed by atoms with Gasteiger partial charge in [-0.15, -0.1) is 11.8 Å². The second-order valence-electron chi connectivity index (χ2n) is 6.75. The minimum absolute atomic E-state index is 0.0175. The minimum atomic E-state index is -0.283. The molecule has 0 bridgehead atoms. The van der Waals surface area contributed by atoms with Crippen LogP contribution in [0.5, 0.6) is 5.75 Å². The molecule has 0 aliphatic rings. The van der Waals surface area contributed by atoms with Gasteiger partial charge < -0.3 is 9.64 Å². The number of fused-ring (bicyclic) bond motifs is 1. The highest BCUT2D eigenvalue weighted by Crippen LogP contribution is 2.34. The van der Waals surface area contributed by atoms with E-state index in [0.29, 0.717) is 17.4 Å². The molecule has 0 saturated carbocycles. The molecule has 0 saturated heterocycles. The van der Waals surface area contributed by atoms with E-state index in [1.54, 1.807) is 24.1 Å². The maximum Gasteiger partial charge on any atom is 0.239 e. The van der Waals surface area contributed by atoms with Crippen LogP contribution in [0.15, 0.2) is 47.4 Å². The molecule has 8 heteroatoms. The monoisotopic (exact) mass is 433 g/mol. The predicted molar refractivity (Wildman–Crippen MR) is 119 cm³/mol. The average Bonchev–Trinajstić information content (AvgIpc) is 3.14. The third kappa shape index (κ3) is 5.68. The van der Waals surface area contributed by atoms with Crippen LogP contribution in [0.3, 0.4) is 0 Å². The quantitative estimate of drug-likeness (QED) is 0.464. The molecule has 3 rings (SSSR count). The lowest BCUT2D eigenvalue weighted by atomic mass is 10.3. The molecule has 5 nitrogen and oxygen atoms in total. The standard InChI is InChI=1S/C21H24FN3O2S2/c1-24(2)12-5-13-25(19(26)14-28-16-10-8-15(22)9-11-16)21-23-20-17(27-3)6-4-7-18(20)29-21/h4,6-11H,5,12-14H2,1-3H3. The maximum atomic E-state index is 13.1. The van der Waals surface area contributed by atoms with Gasteiger partial charge in [-0.3, -0.25) is 9.69 Å². The lowest BCUT2D eigenvalue weighted by Crippen LogP contribution is -2.34. The first-order valence-electron chi connectivity index (χ1n) is 9.25. The van der Waals surface area contributed by atoms with Gasteiger partial charge in [0.15, 0.2) is 5.13 Å². The largest absolute Gasteiger partial charge is 0.494 e. The number of carbonyl (C=O) groups excluding carboxylic acids is 1. The van der Waals surface area contributed by atoms with Crippen molar-refractivity contribution in [3.63, 3.8) is 0 Å². The normalized spacial score (nSPS) is 11.2. The number of hydrogen-bond donors (Lipinski definition) is 0. The van der Waals surface area contributed by atoms with E-state index in [0.717, 1.165) is 28.1 Å². The third-order valence-corrected chi connectivity index (χ3v) is 6.33. The molecule has 0 N–H and O–H groups in total. The van der Waals surface area contributed by atoms with Crippen LogP contribution in [-0.4, -0.2) is 55.8 Å². The van der Waals surface area contributed by atoms with Crippen molar-refractivity contribution in [2.45, 2.75) is 11.3 Å². The van der Waals surface area contributed by atoms with Gasteiger partial charge in [-0.1, -0.05) is 17.4 Å². The molecule has 0 aliphatic heterocycles. The number of hydrogen-bond acceptors (Lipinski definition) is 6. The summed E-state index contributed by atoms with van der Waals surface area (Å²) in [6.45, 7) is 1.46. The zero-order chi connectivity index (χ0) is 20.8. The lowest BCUT2D eigenvalue weighted by molar-refractivity contribution is -0.116. The topological polar surface area (TPSA) is 45.7 Å². The second kappa shape index (κ2) is 10.0. The predicted octanol–water partition coefficient (Wildman–Crippen LogP) is 4.52. The molecule has 3 aromatic rings. The molecule has 2 aromatic carbocycles. The van der Waals surface area contributed by atoms with Gasteiger partial charge in [0.2, 0.25) is 5.91 Å². The summed E-state index contributed by atoms with van der Waals surface area (Å²) in [7, 11) is 5.64. The molecular weight excluding hydrogens is 409 g/mol. The summed E-state index contributed by atoms with van der Waals surface area (Å²) in [6, 6.07) is 12.0. The van der Waals surface area contributed by atoms with Gasteiger partial charge in [0.05, 0.1) is 17.6 Å². The van der Waals surface area contributed by atoms with Crippen molar-refractivity contribution >= 4 is 44.4 Å². The van der Waals surface area contributed by atoms with E-state index in [1.165, 1.54) is 35.2 Å². The number of rotatable bonds is 9. The highest BCUT2D eigenvalue weighted by Gasteiger charge is 2.21. The highest BCUT2D eigenvalue weighted by molar-refractivity contribution is 8.00. The summed E-state index contributed by atoms with van der Waals surface area (Å²) in [6.07, 6.45) is 0.840. The van der Waals surface area contributed by atoms with E-state index in [1.807, 2.05) is 32.3 Å². The molecule has 0 aliphatic carbocycles. The number of benzene rings is 2.